The molecular weight excluding hydrogens is 315 g/mol. The summed E-state index contributed by atoms with van der Waals surface area (Å²) in [7, 11) is -2.89. The van der Waals surface area contributed by atoms with E-state index >= 15 is 0 Å². The minimum Gasteiger partial charge on any atom is -0.481 e. The highest BCUT2D eigenvalue weighted by Gasteiger charge is 2.21. The predicted octanol–water partition coefficient (Wildman–Crippen LogP) is 1.73. The van der Waals surface area contributed by atoms with Gasteiger partial charge in [-0.2, -0.15) is 0 Å². The summed E-state index contributed by atoms with van der Waals surface area (Å²) in [6.07, 6.45) is 1.19. The Labute approximate surface area is 125 Å². The summed E-state index contributed by atoms with van der Waals surface area (Å²) in [5.74, 6) is -2.14. The van der Waals surface area contributed by atoms with Crippen molar-refractivity contribution in [1.82, 2.24) is 4.98 Å². The fraction of sp³-hybridized carbons (Fsp3) is 0.0769. The number of pyridine rings is 1. The molecule has 2 rings (SSSR count). The van der Waals surface area contributed by atoms with Crippen LogP contribution in [0.1, 0.15) is 10.4 Å². The van der Waals surface area contributed by atoms with E-state index in [4.69, 9.17) is 9.84 Å². The summed E-state index contributed by atoms with van der Waals surface area (Å²) in [5, 5.41) is 8.85. The van der Waals surface area contributed by atoms with Gasteiger partial charge in [-0.15, -0.1) is 0 Å². The van der Waals surface area contributed by atoms with Crippen LogP contribution in [0, 0.1) is 5.82 Å². The molecule has 1 heterocycles. The fourth-order valence-electron chi connectivity index (χ4n) is 1.61. The van der Waals surface area contributed by atoms with E-state index in [-0.39, 0.29) is 17.1 Å². The Bertz CT molecular complexity index is 806. The molecule has 0 amide bonds. The van der Waals surface area contributed by atoms with Crippen LogP contribution >= 0.6 is 0 Å². The van der Waals surface area contributed by atoms with Crippen LogP contribution in [0.2, 0.25) is 0 Å². The number of rotatable bonds is 5. The van der Waals surface area contributed by atoms with Gasteiger partial charge in [0, 0.05) is 6.07 Å². The Balaban J connectivity index is 2.37. The highest BCUT2D eigenvalue weighted by atomic mass is 32.2. The average molecular weight is 326 g/mol. The molecule has 22 heavy (non-hydrogen) atoms. The van der Waals surface area contributed by atoms with Crippen LogP contribution in [0.4, 0.5) is 10.1 Å². The molecule has 1 aromatic heterocycles. The normalized spacial score (nSPS) is 11.0. The Hall–Kier alpha value is -2.68. The number of carbonyl (C=O) groups is 1. The van der Waals surface area contributed by atoms with Gasteiger partial charge >= 0.3 is 5.97 Å². The first kappa shape index (κ1) is 15.7. The lowest BCUT2D eigenvalue weighted by atomic mass is 10.2. The molecule has 0 unspecified atom stereocenters. The Kier molecular flexibility index (Phi) is 4.27. The van der Waals surface area contributed by atoms with Crippen molar-refractivity contribution in [3.05, 3.63) is 47.9 Å². The zero-order chi connectivity index (χ0) is 16.3. The maximum Gasteiger partial charge on any atom is 0.335 e. The third kappa shape index (κ3) is 3.31. The van der Waals surface area contributed by atoms with E-state index in [1.807, 2.05) is 0 Å². The molecule has 2 N–H and O–H groups in total. The molecule has 0 saturated carbocycles. The lowest BCUT2D eigenvalue weighted by molar-refractivity contribution is 0.0696. The highest BCUT2D eigenvalue weighted by molar-refractivity contribution is 7.92. The number of hydrogen-bond acceptors (Lipinski definition) is 5. The van der Waals surface area contributed by atoms with E-state index in [1.54, 1.807) is 0 Å². The molecule has 0 saturated heterocycles. The largest absolute Gasteiger partial charge is 0.481 e. The summed E-state index contributed by atoms with van der Waals surface area (Å²) < 4.78 is 44.9. The molecule has 0 aliphatic heterocycles. The van der Waals surface area contributed by atoms with Gasteiger partial charge in [0.1, 0.15) is 10.7 Å². The summed E-state index contributed by atoms with van der Waals surface area (Å²) in [4.78, 5) is 13.9. The summed E-state index contributed by atoms with van der Waals surface area (Å²) in [6.45, 7) is 0. The van der Waals surface area contributed by atoms with Crippen molar-refractivity contribution in [2.75, 3.05) is 11.8 Å². The fourth-order valence-corrected chi connectivity index (χ4v) is 2.76. The Morgan fingerprint density at radius 1 is 1.32 bits per heavy atom. The molecule has 0 radical (unpaired) electrons. The highest BCUT2D eigenvalue weighted by Crippen LogP contribution is 2.21. The first-order valence-corrected chi connectivity index (χ1v) is 7.37. The molecule has 2 aromatic rings. The molecule has 116 valence electrons. The van der Waals surface area contributed by atoms with E-state index < -0.39 is 26.7 Å². The minimum atomic E-state index is -4.29. The van der Waals surface area contributed by atoms with E-state index in [9.17, 15) is 17.6 Å². The van der Waals surface area contributed by atoms with Gasteiger partial charge in [0.2, 0.25) is 5.88 Å². The Morgan fingerprint density at radius 2 is 2.05 bits per heavy atom. The number of nitrogens with zero attached hydrogens (tertiary/aromatic N) is 1. The number of anilines is 1. The maximum absolute atomic E-state index is 13.7. The SMILES string of the molecule is COc1ccc(NS(=O)(=O)c2cc(C(=O)O)ccc2F)cn1. The van der Waals surface area contributed by atoms with Crippen LogP contribution in [0.3, 0.4) is 0 Å². The second-order valence-corrected chi connectivity index (χ2v) is 5.80. The number of carboxylic acid groups (broad SMARTS) is 1. The summed E-state index contributed by atoms with van der Waals surface area (Å²) >= 11 is 0. The number of aromatic nitrogens is 1. The molecule has 0 fully saturated rings. The van der Waals surface area contributed by atoms with Gasteiger partial charge in [-0.1, -0.05) is 0 Å². The molecule has 9 heteroatoms. The zero-order valence-corrected chi connectivity index (χ0v) is 12.1. The zero-order valence-electron chi connectivity index (χ0n) is 11.3. The number of benzene rings is 1. The molecule has 0 bridgehead atoms. The lowest BCUT2D eigenvalue weighted by Gasteiger charge is -2.09. The quantitative estimate of drug-likeness (QED) is 0.867. The van der Waals surface area contributed by atoms with Crippen LogP contribution in [-0.2, 0) is 10.0 Å². The van der Waals surface area contributed by atoms with Crippen LogP contribution in [0.25, 0.3) is 0 Å². The molecule has 1 aromatic carbocycles. The van der Waals surface area contributed by atoms with Crippen LogP contribution in [0.5, 0.6) is 5.88 Å². The van der Waals surface area contributed by atoms with Crippen molar-refractivity contribution in [3.63, 3.8) is 0 Å². The van der Waals surface area contributed by atoms with E-state index in [0.29, 0.717) is 0 Å². The van der Waals surface area contributed by atoms with Crippen molar-refractivity contribution in [1.29, 1.82) is 0 Å². The molecule has 0 atom stereocenters. The number of carboxylic acids is 1. The minimum absolute atomic E-state index is 0.0842. The van der Waals surface area contributed by atoms with Crippen molar-refractivity contribution in [3.8, 4) is 5.88 Å². The molecular formula is C13H11FN2O5S. The van der Waals surface area contributed by atoms with Gasteiger partial charge in [0.05, 0.1) is 24.6 Å². The third-order valence-electron chi connectivity index (χ3n) is 2.67. The average Bonchev–Trinajstić information content (AvgIpc) is 2.47. The van der Waals surface area contributed by atoms with Crippen molar-refractivity contribution >= 4 is 21.7 Å². The molecule has 0 aliphatic carbocycles. The van der Waals surface area contributed by atoms with E-state index in [1.165, 1.54) is 25.4 Å². The van der Waals surface area contributed by atoms with Crippen LogP contribution in [0.15, 0.2) is 41.4 Å². The third-order valence-corrected chi connectivity index (χ3v) is 4.06. The van der Waals surface area contributed by atoms with Crippen LogP contribution in [-0.4, -0.2) is 31.6 Å². The van der Waals surface area contributed by atoms with Gasteiger partial charge in [-0.3, -0.25) is 4.72 Å². The second-order valence-electron chi connectivity index (χ2n) is 4.15. The first-order chi connectivity index (χ1) is 10.3. The molecule has 0 spiro atoms. The number of aromatic carboxylic acids is 1. The van der Waals surface area contributed by atoms with Crippen LogP contribution < -0.4 is 9.46 Å². The Morgan fingerprint density at radius 3 is 2.59 bits per heavy atom. The van der Waals surface area contributed by atoms with Crippen molar-refractivity contribution < 1.29 is 27.4 Å². The van der Waals surface area contributed by atoms with Crippen molar-refractivity contribution in [2.24, 2.45) is 0 Å². The van der Waals surface area contributed by atoms with E-state index in [2.05, 4.69) is 9.71 Å². The second kappa shape index (κ2) is 5.98. The topological polar surface area (TPSA) is 106 Å². The van der Waals surface area contributed by atoms with Crippen molar-refractivity contribution in [2.45, 2.75) is 4.90 Å². The summed E-state index contributed by atoms with van der Waals surface area (Å²) in [6, 6.07) is 5.30. The number of nitrogens with one attached hydrogen (secondary N) is 1. The number of halogens is 1. The van der Waals surface area contributed by atoms with Gasteiger partial charge < -0.3 is 9.84 Å². The monoisotopic (exact) mass is 326 g/mol. The number of methoxy groups -OCH3 is 1. The van der Waals surface area contributed by atoms with Gasteiger partial charge in [-0.05, 0) is 24.3 Å². The van der Waals surface area contributed by atoms with Gasteiger partial charge in [0.15, 0.2) is 0 Å². The lowest BCUT2D eigenvalue weighted by Crippen LogP contribution is -2.15. The van der Waals surface area contributed by atoms with E-state index in [0.717, 1.165) is 18.2 Å². The molecule has 7 nitrogen and oxygen atoms in total. The number of sulfonamides is 1. The standard InChI is InChI=1S/C13H11FN2O5S/c1-21-12-5-3-9(7-15-12)16-22(19,20)11-6-8(13(17)18)2-4-10(11)14/h2-7,16H,1H3,(H,17,18). The maximum atomic E-state index is 13.7. The smallest absolute Gasteiger partial charge is 0.335 e. The number of ether oxygens (including phenoxy) is 1. The predicted molar refractivity (Wildman–Crippen MR) is 75.0 cm³/mol. The first-order valence-electron chi connectivity index (χ1n) is 5.89. The number of hydrogen-bond donors (Lipinski definition) is 2. The van der Waals surface area contributed by atoms with Gasteiger partial charge in [0.25, 0.3) is 10.0 Å². The van der Waals surface area contributed by atoms with Gasteiger partial charge in [-0.25, -0.2) is 22.6 Å². The summed E-state index contributed by atoms with van der Waals surface area (Å²) in [5.41, 5.74) is -0.254. The molecule has 0 aliphatic rings.